The van der Waals surface area contributed by atoms with E-state index in [-0.39, 0.29) is 5.82 Å². The number of benzene rings is 2. The van der Waals surface area contributed by atoms with Crippen LogP contribution in [0.3, 0.4) is 0 Å². The Kier molecular flexibility index (Phi) is 10.5. The van der Waals surface area contributed by atoms with Gasteiger partial charge in [0.05, 0.1) is 29.0 Å². The number of pyridine rings is 2. The minimum atomic E-state index is -0.274. The first-order valence-corrected chi connectivity index (χ1v) is 14.1. The molecule has 5 rings (SSSR count). The summed E-state index contributed by atoms with van der Waals surface area (Å²) in [7, 11) is 0. The van der Waals surface area contributed by atoms with Crippen LogP contribution in [0.4, 0.5) is 4.39 Å². The number of fused-ring (bicyclic) bond motifs is 1. The van der Waals surface area contributed by atoms with E-state index < -0.39 is 0 Å². The zero-order valence-corrected chi connectivity index (χ0v) is 23.2. The quantitative estimate of drug-likeness (QED) is 0.137. The van der Waals surface area contributed by atoms with Gasteiger partial charge in [0.15, 0.2) is 0 Å². The fourth-order valence-electron chi connectivity index (χ4n) is 4.64. The Balaban J connectivity index is 1.09. The van der Waals surface area contributed by atoms with Crippen LogP contribution in [0.1, 0.15) is 28.3 Å². The van der Waals surface area contributed by atoms with Crippen LogP contribution in [0.15, 0.2) is 91.3 Å². The highest BCUT2D eigenvalue weighted by Crippen LogP contribution is 2.13. The number of hydrogen-bond donors (Lipinski definition) is 4. The predicted octanol–water partition coefficient (Wildman–Crippen LogP) is 4.16. The van der Waals surface area contributed by atoms with Gasteiger partial charge in [-0.15, -0.1) is 0 Å². The van der Waals surface area contributed by atoms with E-state index >= 15 is 0 Å². The number of rotatable bonds is 16. The van der Waals surface area contributed by atoms with Crippen LogP contribution >= 0.6 is 0 Å². The molecule has 9 heteroatoms. The van der Waals surface area contributed by atoms with Crippen molar-refractivity contribution in [1.82, 2.24) is 40.8 Å². The molecule has 3 aromatic heterocycles. The summed E-state index contributed by atoms with van der Waals surface area (Å²) in [5, 5.41) is 10.5. The summed E-state index contributed by atoms with van der Waals surface area (Å²) in [5.41, 5.74) is 6.08. The maximum absolute atomic E-state index is 13.4. The lowest BCUT2D eigenvalue weighted by atomic mass is 10.1. The molecule has 0 radical (unpaired) electrons. The molecule has 0 unspecified atom stereocenters. The molecule has 5 aromatic rings. The number of halogens is 1. The second-order valence-electron chi connectivity index (χ2n) is 10.0. The number of imidazole rings is 1. The van der Waals surface area contributed by atoms with Crippen molar-refractivity contribution in [3.05, 3.63) is 125 Å². The highest BCUT2D eigenvalue weighted by atomic mass is 19.1. The summed E-state index contributed by atoms with van der Waals surface area (Å²) < 4.78 is 13.4. The van der Waals surface area contributed by atoms with Crippen molar-refractivity contribution in [3.63, 3.8) is 0 Å². The maximum atomic E-state index is 13.4. The lowest BCUT2D eigenvalue weighted by Crippen LogP contribution is -2.36. The first kappa shape index (κ1) is 28.5. The Morgan fingerprint density at radius 2 is 1.34 bits per heavy atom. The number of hydrogen-bond acceptors (Lipinski definition) is 7. The van der Waals surface area contributed by atoms with Gasteiger partial charge in [-0.2, -0.15) is 0 Å². The van der Waals surface area contributed by atoms with Gasteiger partial charge in [0.2, 0.25) is 0 Å². The normalized spacial score (nSPS) is 11.5. The number of aromatic nitrogens is 4. The second kappa shape index (κ2) is 15.1. The van der Waals surface area contributed by atoms with Gasteiger partial charge in [0, 0.05) is 70.8 Å². The molecule has 2 aromatic carbocycles. The summed E-state index contributed by atoms with van der Waals surface area (Å²) in [4.78, 5) is 19.0. The summed E-state index contributed by atoms with van der Waals surface area (Å²) >= 11 is 0. The van der Waals surface area contributed by atoms with Crippen LogP contribution in [0.5, 0.6) is 0 Å². The first-order valence-electron chi connectivity index (χ1n) is 14.1. The van der Waals surface area contributed by atoms with Gasteiger partial charge in [0.25, 0.3) is 0 Å². The van der Waals surface area contributed by atoms with Crippen molar-refractivity contribution in [1.29, 1.82) is 0 Å². The lowest BCUT2D eigenvalue weighted by Gasteiger charge is -2.23. The Morgan fingerprint density at radius 3 is 1.98 bits per heavy atom. The van der Waals surface area contributed by atoms with Crippen molar-refractivity contribution in [3.8, 4) is 0 Å². The molecule has 3 heterocycles. The Labute approximate surface area is 240 Å². The molecule has 0 aliphatic heterocycles. The third-order valence-corrected chi connectivity index (χ3v) is 6.82. The second-order valence-corrected chi connectivity index (χ2v) is 10.0. The van der Waals surface area contributed by atoms with E-state index in [0.717, 1.165) is 75.1 Å². The molecule has 8 nitrogen and oxygen atoms in total. The van der Waals surface area contributed by atoms with Crippen LogP contribution in [0.2, 0.25) is 0 Å². The molecule has 0 amide bonds. The third-order valence-electron chi connectivity index (χ3n) is 6.82. The Bertz CT molecular complexity index is 1410. The van der Waals surface area contributed by atoms with Crippen LogP contribution in [-0.2, 0) is 32.7 Å². The zero-order chi connectivity index (χ0) is 28.1. The molecule has 0 fully saturated rings. The van der Waals surface area contributed by atoms with E-state index in [4.69, 9.17) is 0 Å². The monoisotopic (exact) mass is 552 g/mol. The SMILES string of the molecule is Fc1ccc2[nH]c(CNCc3ccc(CN(CCNCc4ccccn4)CCNCc4ccccn4)cc3)nc2c1. The van der Waals surface area contributed by atoms with Gasteiger partial charge in [-0.25, -0.2) is 9.37 Å². The molecule has 0 spiro atoms. The van der Waals surface area contributed by atoms with Crippen LogP contribution < -0.4 is 16.0 Å². The molecule has 0 aliphatic carbocycles. The summed E-state index contributed by atoms with van der Waals surface area (Å²) in [6.07, 6.45) is 3.66. The molecule has 0 atom stereocenters. The number of aromatic amines is 1. The molecule has 212 valence electrons. The van der Waals surface area contributed by atoms with Crippen molar-refractivity contribution in [2.75, 3.05) is 26.2 Å². The molecular weight excluding hydrogens is 515 g/mol. The molecule has 41 heavy (non-hydrogen) atoms. The van der Waals surface area contributed by atoms with E-state index in [1.807, 2.05) is 48.8 Å². The highest BCUT2D eigenvalue weighted by molar-refractivity contribution is 5.74. The van der Waals surface area contributed by atoms with Gasteiger partial charge >= 0.3 is 0 Å². The Morgan fingerprint density at radius 1 is 0.683 bits per heavy atom. The topological polar surface area (TPSA) is 93.8 Å². The number of nitrogens with zero attached hydrogens (tertiary/aromatic N) is 4. The average Bonchev–Trinajstić information content (AvgIpc) is 3.41. The van der Waals surface area contributed by atoms with E-state index in [2.05, 4.69) is 65.1 Å². The van der Waals surface area contributed by atoms with Crippen molar-refractivity contribution < 1.29 is 4.39 Å². The summed E-state index contributed by atoms with van der Waals surface area (Å²) in [6, 6.07) is 25.4. The highest BCUT2D eigenvalue weighted by Gasteiger charge is 2.08. The van der Waals surface area contributed by atoms with Crippen LogP contribution in [0, 0.1) is 5.82 Å². The minimum absolute atomic E-state index is 0.274. The van der Waals surface area contributed by atoms with Gasteiger partial charge in [-0.05, 0) is 47.5 Å². The van der Waals surface area contributed by atoms with Gasteiger partial charge < -0.3 is 20.9 Å². The molecule has 0 bridgehead atoms. The zero-order valence-electron chi connectivity index (χ0n) is 23.2. The molecule has 0 aliphatic rings. The fourth-order valence-corrected chi connectivity index (χ4v) is 4.64. The first-order chi connectivity index (χ1) is 20.2. The largest absolute Gasteiger partial charge is 0.341 e. The van der Waals surface area contributed by atoms with Crippen molar-refractivity contribution in [2.24, 2.45) is 0 Å². The third kappa shape index (κ3) is 9.26. The summed E-state index contributed by atoms with van der Waals surface area (Å²) in [6.45, 7) is 7.34. The Hall–Kier alpha value is -4.02. The number of nitrogens with one attached hydrogen (secondary N) is 4. The van der Waals surface area contributed by atoms with Crippen molar-refractivity contribution >= 4 is 11.0 Å². The molecule has 4 N–H and O–H groups in total. The smallest absolute Gasteiger partial charge is 0.125 e. The molecule has 0 saturated carbocycles. The average molecular weight is 553 g/mol. The summed E-state index contributed by atoms with van der Waals surface area (Å²) in [5.74, 6) is 0.523. The minimum Gasteiger partial charge on any atom is -0.341 e. The van der Waals surface area contributed by atoms with Gasteiger partial charge in [-0.3, -0.25) is 14.9 Å². The fraction of sp³-hybridized carbons (Fsp3) is 0.281. The van der Waals surface area contributed by atoms with Crippen LogP contribution in [0.25, 0.3) is 11.0 Å². The number of H-pyrrole nitrogens is 1. The van der Waals surface area contributed by atoms with Gasteiger partial charge in [-0.1, -0.05) is 36.4 Å². The van der Waals surface area contributed by atoms with E-state index in [9.17, 15) is 4.39 Å². The molecular formula is C32H37FN8. The lowest BCUT2D eigenvalue weighted by molar-refractivity contribution is 0.263. The van der Waals surface area contributed by atoms with E-state index in [1.165, 1.54) is 23.3 Å². The van der Waals surface area contributed by atoms with E-state index in [0.29, 0.717) is 12.1 Å². The maximum Gasteiger partial charge on any atom is 0.125 e. The van der Waals surface area contributed by atoms with E-state index in [1.54, 1.807) is 6.07 Å². The molecule has 0 saturated heterocycles. The predicted molar refractivity (Wildman–Crippen MR) is 160 cm³/mol. The standard InChI is InChI=1S/C32H37FN8/c33-27-11-12-30-31(19-27)40-32(39-30)23-36-20-25-7-9-26(10-8-25)24-41(17-15-34-21-28-5-1-3-13-37-28)18-16-35-22-29-6-2-4-14-38-29/h1-14,19,34-36H,15-18,20-24H2,(H,39,40). The van der Waals surface area contributed by atoms with Crippen molar-refractivity contribution in [2.45, 2.75) is 32.7 Å². The van der Waals surface area contributed by atoms with Gasteiger partial charge in [0.1, 0.15) is 11.6 Å². The van der Waals surface area contributed by atoms with Crippen LogP contribution in [-0.4, -0.2) is 51.0 Å².